The van der Waals surface area contributed by atoms with Gasteiger partial charge in [-0.1, -0.05) is 71.8 Å². The van der Waals surface area contributed by atoms with Crippen molar-refractivity contribution >= 4 is 17.3 Å². The molecule has 2 heterocycles. The zero-order valence-electron chi connectivity index (χ0n) is 21.7. The smallest absolute Gasteiger partial charge is 0.157 e. The summed E-state index contributed by atoms with van der Waals surface area (Å²) in [5.74, 6) is 0.761. The molecule has 2 aliphatic heterocycles. The first-order chi connectivity index (χ1) is 18.2. The quantitative estimate of drug-likeness (QED) is 0.296. The molecule has 0 spiro atoms. The summed E-state index contributed by atoms with van der Waals surface area (Å²) >= 11 is 6.85. The maximum absolute atomic E-state index is 6.85. The van der Waals surface area contributed by atoms with E-state index in [1.54, 1.807) is 0 Å². The molecule has 0 N–H and O–H groups in total. The van der Waals surface area contributed by atoms with Crippen LogP contribution in [0.2, 0.25) is 5.02 Å². The highest BCUT2D eigenvalue weighted by molar-refractivity contribution is 6.33. The van der Waals surface area contributed by atoms with Gasteiger partial charge in [-0.15, -0.1) is 0 Å². The third kappa shape index (κ3) is 7.05. The fourth-order valence-corrected chi connectivity index (χ4v) is 5.46. The minimum atomic E-state index is -0.0948. The summed E-state index contributed by atoms with van der Waals surface area (Å²) in [5.41, 5.74) is 4.97. The highest BCUT2D eigenvalue weighted by Crippen LogP contribution is 2.37. The Bertz CT molecular complexity index is 1120. The van der Waals surface area contributed by atoms with Crippen LogP contribution in [0, 0.1) is 6.92 Å². The van der Waals surface area contributed by atoms with Crippen LogP contribution >= 0.6 is 11.6 Å². The van der Waals surface area contributed by atoms with Crippen molar-refractivity contribution in [1.29, 1.82) is 0 Å². The first-order valence-electron chi connectivity index (χ1n) is 13.4. The number of aryl methyl sites for hydroxylation is 1. The van der Waals surface area contributed by atoms with Gasteiger partial charge in [0.15, 0.2) is 6.29 Å². The third-order valence-corrected chi connectivity index (χ3v) is 7.50. The standard InChI is InChI=1S/C31H37ClN2O3/c1-24-10-12-26(13-11-24)30-23-33(22-25-7-3-2-4-8-25)16-17-34(30)29-15-14-27(21-28(29)32)35-19-20-37-31-9-5-6-18-36-31/h2-4,7-8,10-15,21,30-31H,5-6,9,16-20,22-23H2,1H3/t30-,31?/m0/s1. The highest BCUT2D eigenvalue weighted by Gasteiger charge is 2.30. The molecule has 3 aromatic carbocycles. The van der Waals surface area contributed by atoms with Crippen LogP contribution in [-0.2, 0) is 16.0 Å². The number of rotatable bonds is 9. The van der Waals surface area contributed by atoms with Gasteiger partial charge in [-0.25, -0.2) is 0 Å². The van der Waals surface area contributed by atoms with Gasteiger partial charge in [0.25, 0.3) is 0 Å². The van der Waals surface area contributed by atoms with Gasteiger partial charge in [-0.05, 0) is 49.4 Å². The summed E-state index contributed by atoms with van der Waals surface area (Å²) in [4.78, 5) is 4.99. The molecule has 0 bridgehead atoms. The molecule has 6 heteroatoms. The van der Waals surface area contributed by atoms with Crippen LogP contribution in [0.3, 0.4) is 0 Å². The zero-order chi connectivity index (χ0) is 25.5. The minimum Gasteiger partial charge on any atom is -0.491 e. The van der Waals surface area contributed by atoms with Crippen LogP contribution in [0.1, 0.15) is 42.0 Å². The second-order valence-corrected chi connectivity index (χ2v) is 10.4. The number of hydrogen-bond acceptors (Lipinski definition) is 5. The molecule has 0 saturated carbocycles. The molecule has 196 valence electrons. The molecule has 2 saturated heterocycles. The number of piperazine rings is 1. The van der Waals surface area contributed by atoms with Gasteiger partial charge in [0.05, 0.1) is 23.4 Å². The molecule has 5 nitrogen and oxygen atoms in total. The normalized spacial score (nSPS) is 20.6. The van der Waals surface area contributed by atoms with Crippen LogP contribution in [-0.4, -0.2) is 50.6 Å². The van der Waals surface area contributed by atoms with Crippen LogP contribution in [0.25, 0.3) is 0 Å². The molecule has 0 aliphatic carbocycles. The van der Waals surface area contributed by atoms with Crippen molar-refractivity contribution in [2.75, 3.05) is 44.4 Å². The molecule has 2 fully saturated rings. The van der Waals surface area contributed by atoms with Gasteiger partial charge < -0.3 is 19.1 Å². The number of nitrogens with zero attached hydrogens (tertiary/aromatic N) is 2. The second-order valence-electron chi connectivity index (χ2n) is 9.97. The van der Waals surface area contributed by atoms with E-state index in [2.05, 4.69) is 77.4 Å². The van der Waals surface area contributed by atoms with Gasteiger partial charge >= 0.3 is 0 Å². The molecule has 3 aromatic rings. The SMILES string of the molecule is Cc1ccc([C@@H]2CN(Cc3ccccc3)CCN2c2ccc(OCCOC3CCCCO3)cc2Cl)cc1. The number of halogens is 1. The Morgan fingerprint density at radius 2 is 1.78 bits per heavy atom. The second kappa shape index (κ2) is 12.8. The first-order valence-corrected chi connectivity index (χ1v) is 13.8. The molecule has 0 aromatic heterocycles. The Morgan fingerprint density at radius 3 is 2.54 bits per heavy atom. The first kappa shape index (κ1) is 26.1. The van der Waals surface area contributed by atoms with Crippen molar-refractivity contribution in [3.05, 3.63) is 94.5 Å². The maximum atomic E-state index is 6.85. The minimum absolute atomic E-state index is 0.0948. The lowest BCUT2D eigenvalue weighted by atomic mass is 9.99. The summed E-state index contributed by atoms with van der Waals surface area (Å²) in [5, 5.41) is 0.711. The Hall–Kier alpha value is -2.57. The van der Waals surface area contributed by atoms with Gasteiger partial charge in [0, 0.05) is 38.9 Å². The van der Waals surface area contributed by atoms with Gasteiger partial charge in [-0.3, -0.25) is 4.90 Å². The molecule has 2 aliphatic rings. The predicted molar refractivity (Wildman–Crippen MR) is 149 cm³/mol. The van der Waals surface area contributed by atoms with Crippen molar-refractivity contribution in [2.45, 2.75) is 45.1 Å². The molecule has 37 heavy (non-hydrogen) atoms. The van der Waals surface area contributed by atoms with E-state index >= 15 is 0 Å². The number of hydrogen-bond donors (Lipinski definition) is 0. The van der Waals surface area contributed by atoms with Crippen LogP contribution in [0.5, 0.6) is 5.75 Å². The van der Waals surface area contributed by atoms with Gasteiger partial charge in [-0.2, -0.15) is 0 Å². The molecule has 5 rings (SSSR count). The van der Waals surface area contributed by atoms with Crippen molar-refractivity contribution in [3.63, 3.8) is 0 Å². The highest BCUT2D eigenvalue weighted by atomic mass is 35.5. The molecular formula is C31H37ClN2O3. The molecule has 0 radical (unpaired) electrons. The average molecular weight is 521 g/mol. The summed E-state index contributed by atoms with van der Waals surface area (Å²) in [6.45, 7) is 7.66. The fourth-order valence-electron chi connectivity index (χ4n) is 5.18. The average Bonchev–Trinajstić information content (AvgIpc) is 2.93. The van der Waals surface area contributed by atoms with E-state index in [1.165, 1.54) is 16.7 Å². The Balaban J connectivity index is 1.25. The summed E-state index contributed by atoms with van der Waals surface area (Å²) < 4.78 is 17.3. The van der Waals surface area contributed by atoms with E-state index in [9.17, 15) is 0 Å². The van der Waals surface area contributed by atoms with E-state index in [-0.39, 0.29) is 12.3 Å². The summed E-state index contributed by atoms with van der Waals surface area (Å²) in [6, 6.07) is 25.9. The van der Waals surface area contributed by atoms with E-state index in [0.717, 1.165) is 63.5 Å². The summed E-state index contributed by atoms with van der Waals surface area (Å²) in [6.07, 6.45) is 3.14. The molecule has 1 unspecified atom stereocenters. The van der Waals surface area contributed by atoms with Crippen molar-refractivity contribution < 1.29 is 14.2 Å². The Labute approximate surface area is 225 Å². The summed E-state index contributed by atoms with van der Waals surface area (Å²) in [7, 11) is 0. The largest absolute Gasteiger partial charge is 0.491 e. The van der Waals surface area contributed by atoms with Crippen molar-refractivity contribution in [3.8, 4) is 5.75 Å². The molecular weight excluding hydrogens is 484 g/mol. The van der Waals surface area contributed by atoms with Crippen LogP contribution in [0.15, 0.2) is 72.8 Å². The van der Waals surface area contributed by atoms with Gasteiger partial charge in [0.2, 0.25) is 0 Å². The van der Waals surface area contributed by atoms with E-state index in [4.69, 9.17) is 25.8 Å². The maximum Gasteiger partial charge on any atom is 0.157 e. The lowest BCUT2D eigenvalue weighted by Crippen LogP contribution is -2.48. The molecule has 0 amide bonds. The van der Waals surface area contributed by atoms with Crippen molar-refractivity contribution in [1.82, 2.24) is 4.90 Å². The topological polar surface area (TPSA) is 34.2 Å². The number of anilines is 1. The Morgan fingerprint density at radius 1 is 0.946 bits per heavy atom. The lowest BCUT2D eigenvalue weighted by Gasteiger charge is -2.43. The van der Waals surface area contributed by atoms with Crippen LogP contribution < -0.4 is 9.64 Å². The monoisotopic (exact) mass is 520 g/mol. The predicted octanol–water partition coefficient (Wildman–Crippen LogP) is 6.63. The Kier molecular flexibility index (Phi) is 9.01. The van der Waals surface area contributed by atoms with Crippen molar-refractivity contribution in [2.24, 2.45) is 0 Å². The number of ether oxygens (including phenoxy) is 3. The van der Waals surface area contributed by atoms with E-state index in [0.29, 0.717) is 18.2 Å². The fraction of sp³-hybridized carbons (Fsp3) is 0.419. The van der Waals surface area contributed by atoms with E-state index < -0.39 is 0 Å². The lowest BCUT2D eigenvalue weighted by molar-refractivity contribution is -0.165. The van der Waals surface area contributed by atoms with Crippen LogP contribution in [0.4, 0.5) is 5.69 Å². The molecule has 2 atom stereocenters. The zero-order valence-corrected chi connectivity index (χ0v) is 22.4. The number of benzene rings is 3. The van der Waals surface area contributed by atoms with E-state index in [1.807, 2.05) is 12.1 Å². The third-order valence-electron chi connectivity index (χ3n) is 7.20. The van der Waals surface area contributed by atoms with Gasteiger partial charge in [0.1, 0.15) is 12.4 Å².